The molecule has 4 heteroatoms. The summed E-state index contributed by atoms with van der Waals surface area (Å²) in [6, 6.07) is -0.182. The van der Waals surface area contributed by atoms with Crippen molar-refractivity contribution in [3.63, 3.8) is 0 Å². The molecule has 1 atom stereocenters. The molecule has 1 saturated heterocycles. The molecule has 1 aliphatic heterocycles. The number of hydrogen-bond acceptors (Lipinski definition) is 3. The molecule has 1 heterocycles. The molecular formula is C11H20N2O2. The number of ether oxygens (including phenoxy) is 1. The summed E-state index contributed by atoms with van der Waals surface area (Å²) in [6.07, 6.45) is 0. The van der Waals surface area contributed by atoms with Gasteiger partial charge in [-0.2, -0.15) is 0 Å². The molecule has 0 aliphatic carbocycles. The van der Waals surface area contributed by atoms with Crippen molar-refractivity contribution in [2.24, 2.45) is 0 Å². The van der Waals surface area contributed by atoms with Crippen LogP contribution >= 0.6 is 0 Å². The molecule has 1 N–H and O–H groups in total. The highest BCUT2D eigenvalue weighted by atomic mass is 16.5. The first-order valence-electron chi connectivity index (χ1n) is 5.39. The average Bonchev–Trinajstić information content (AvgIpc) is 2.26. The van der Waals surface area contributed by atoms with Crippen LogP contribution < -0.4 is 5.32 Å². The maximum absolute atomic E-state index is 12.0. The fraction of sp³-hybridized carbons (Fsp3) is 0.727. The van der Waals surface area contributed by atoms with E-state index < -0.39 is 0 Å². The van der Waals surface area contributed by atoms with Crippen LogP contribution in [0.4, 0.5) is 0 Å². The highest BCUT2D eigenvalue weighted by molar-refractivity contribution is 5.82. The van der Waals surface area contributed by atoms with E-state index in [9.17, 15) is 4.79 Å². The zero-order valence-electron chi connectivity index (χ0n) is 9.58. The van der Waals surface area contributed by atoms with Crippen molar-refractivity contribution in [2.45, 2.75) is 19.9 Å². The fourth-order valence-electron chi connectivity index (χ4n) is 1.62. The number of likely N-dealkylation sites (N-methyl/N-ethyl adjacent to an activating group) is 1. The van der Waals surface area contributed by atoms with Gasteiger partial charge in [0, 0.05) is 19.6 Å². The van der Waals surface area contributed by atoms with E-state index >= 15 is 0 Å². The van der Waals surface area contributed by atoms with Gasteiger partial charge >= 0.3 is 0 Å². The van der Waals surface area contributed by atoms with Gasteiger partial charge in [-0.15, -0.1) is 0 Å². The monoisotopic (exact) mass is 212 g/mol. The van der Waals surface area contributed by atoms with Gasteiger partial charge in [0.25, 0.3) is 0 Å². The summed E-state index contributed by atoms with van der Waals surface area (Å²) in [5, 5.41) is 3.16. The number of hydrogen-bond donors (Lipinski definition) is 1. The Morgan fingerprint density at radius 1 is 1.67 bits per heavy atom. The van der Waals surface area contributed by atoms with Gasteiger partial charge in [0.1, 0.15) is 6.04 Å². The summed E-state index contributed by atoms with van der Waals surface area (Å²) >= 11 is 0. The summed E-state index contributed by atoms with van der Waals surface area (Å²) < 4.78 is 5.27. The highest BCUT2D eigenvalue weighted by Gasteiger charge is 2.25. The van der Waals surface area contributed by atoms with Crippen LogP contribution in [0.25, 0.3) is 0 Å². The van der Waals surface area contributed by atoms with Gasteiger partial charge in [-0.3, -0.25) is 4.79 Å². The van der Waals surface area contributed by atoms with Crippen molar-refractivity contribution >= 4 is 5.91 Å². The molecule has 0 aromatic rings. The maximum atomic E-state index is 12.0. The van der Waals surface area contributed by atoms with Crippen LogP contribution in [0.2, 0.25) is 0 Å². The number of amides is 1. The summed E-state index contributed by atoms with van der Waals surface area (Å²) in [5.41, 5.74) is 1.00. The lowest BCUT2D eigenvalue weighted by Crippen LogP contribution is -2.52. The smallest absolute Gasteiger partial charge is 0.242 e. The predicted octanol–water partition coefficient (Wildman–Crippen LogP) is 0.399. The summed E-state index contributed by atoms with van der Waals surface area (Å²) in [7, 11) is 0. The Labute approximate surface area is 91.3 Å². The molecule has 4 nitrogen and oxygen atoms in total. The van der Waals surface area contributed by atoms with Crippen LogP contribution in [-0.4, -0.2) is 49.7 Å². The van der Waals surface area contributed by atoms with Crippen molar-refractivity contribution in [3.8, 4) is 0 Å². The summed E-state index contributed by atoms with van der Waals surface area (Å²) in [4.78, 5) is 13.8. The van der Waals surface area contributed by atoms with Crippen molar-refractivity contribution < 1.29 is 9.53 Å². The van der Waals surface area contributed by atoms with E-state index in [1.807, 2.05) is 13.8 Å². The Morgan fingerprint density at radius 3 is 2.87 bits per heavy atom. The zero-order valence-corrected chi connectivity index (χ0v) is 9.58. The summed E-state index contributed by atoms with van der Waals surface area (Å²) in [6.45, 7) is 11.0. The lowest BCUT2D eigenvalue weighted by atomic mass is 10.2. The molecule has 1 rings (SSSR count). The number of rotatable bonds is 4. The first kappa shape index (κ1) is 12.2. The van der Waals surface area contributed by atoms with E-state index in [0.717, 1.165) is 12.1 Å². The quantitative estimate of drug-likeness (QED) is 0.686. The third kappa shape index (κ3) is 3.64. The molecular weight excluding hydrogens is 192 g/mol. The molecule has 86 valence electrons. The topological polar surface area (TPSA) is 41.6 Å². The lowest BCUT2D eigenvalue weighted by Gasteiger charge is -2.29. The average molecular weight is 212 g/mol. The van der Waals surface area contributed by atoms with Crippen LogP contribution in [0.15, 0.2) is 12.2 Å². The number of carbonyl (C=O) groups is 1. The van der Waals surface area contributed by atoms with Gasteiger partial charge in [0.2, 0.25) is 5.91 Å². The minimum absolute atomic E-state index is 0.111. The molecule has 1 amide bonds. The van der Waals surface area contributed by atoms with Gasteiger partial charge in [-0.25, -0.2) is 0 Å². The number of nitrogens with zero attached hydrogens (tertiary/aromatic N) is 1. The minimum atomic E-state index is -0.182. The van der Waals surface area contributed by atoms with Crippen LogP contribution in [0.5, 0.6) is 0 Å². The standard InChI is InChI=1S/C11H20N2O2/c1-4-13(7-9(2)3)11(14)10-8-15-6-5-12-10/h10,12H,2,4-8H2,1,3H3. The van der Waals surface area contributed by atoms with Crippen LogP contribution in [-0.2, 0) is 9.53 Å². The van der Waals surface area contributed by atoms with Gasteiger partial charge in [0.15, 0.2) is 0 Å². The van der Waals surface area contributed by atoms with Crippen molar-refractivity contribution in [3.05, 3.63) is 12.2 Å². The SMILES string of the molecule is C=C(C)CN(CC)C(=O)C1COCCN1. The van der Waals surface area contributed by atoms with Crippen LogP contribution in [0.3, 0.4) is 0 Å². The molecule has 0 radical (unpaired) electrons. The number of nitrogens with one attached hydrogen (secondary N) is 1. The molecule has 15 heavy (non-hydrogen) atoms. The molecule has 0 spiro atoms. The third-order valence-corrected chi connectivity index (χ3v) is 2.37. The zero-order chi connectivity index (χ0) is 11.3. The maximum Gasteiger partial charge on any atom is 0.242 e. The lowest BCUT2D eigenvalue weighted by molar-refractivity contribution is -0.135. The summed E-state index contributed by atoms with van der Waals surface area (Å²) in [5.74, 6) is 0.111. The van der Waals surface area contributed by atoms with E-state index in [4.69, 9.17) is 4.74 Å². The minimum Gasteiger partial charge on any atom is -0.378 e. The van der Waals surface area contributed by atoms with Gasteiger partial charge in [-0.05, 0) is 13.8 Å². The van der Waals surface area contributed by atoms with Gasteiger partial charge in [-0.1, -0.05) is 12.2 Å². The van der Waals surface area contributed by atoms with E-state index in [-0.39, 0.29) is 11.9 Å². The Kier molecular flexibility index (Phi) is 4.78. The van der Waals surface area contributed by atoms with E-state index in [1.54, 1.807) is 4.90 Å². The van der Waals surface area contributed by atoms with Gasteiger partial charge in [0.05, 0.1) is 13.2 Å². The molecule has 1 aliphatic rings. The molecule has 1 fully saturated rings. The molecule has 0 saturated carbocycles. The Hall–Kier alpha value is -0.870. The van der Waals surface area contributed by atoms with Crippen LogP contribution in [0, 0.1) is 0 Å². The molecule has 0 bridgehead atoms. The van der Waals surface area contributed by atoms with E-state index in [0.29, 0.717) is 26.3 Å². The molecule has 0 aromatic heterocycles. The van der Waals surface area contributed by atoms with E-state index in [1.165, 1.54) is 0 Å². The second kappa shape index (κ2) is 5.88. The van der Waals surface area contributed by atoms with Crippen molar-refractivity contribution in [1.29, 1.82) is 0 Å². The van der Waals surface area contributed by atoms with Crippen molar-refractivity contribution in [2.75, 3.05) is 32.8 Å². The van der Waals surface area contributed by atoms with Crippen molar-refractivity contribution in [1.82, 2.24) is 10.2 Å². The Morgan fingerprint density at radius 2 is 2.40 bits per heavy atom. The Bertz CT molecular complexity index is 235. The normalized spacial score (nSPS) is 21.1. The first-order chi connectivity index (χ1) is 7.15. The van der Waals surface area contributed by atoms with Crippen LogP contribution in [0.1, 0.15) is 13.8 Å². The molecule has 1 unspecified atom stereocenters. The first-order valence-corrected chi connectivity index (χ1v) is 5.39. The fourth-order valence-corrected chi connectivity index (χ4v) is 1.62. The molecule has 0 aromatic carbocycles. The number of morpholine rings is 1. The number of carbonyl (C=O) groups excluding carboxylic acids is 1. The van der Waals surface area contributed by atoms with E-state index in [2.05, 4.69) is 11.9 Å². The predicted molar refractivity (Wildman–Crippen MR) is 59.7 cm³/mol. The Balaban J connectivity index is 2.50. The second-order valence-corrected chi connectivity index (χ2v) is 3.89. The van der Waals surface area contributed by atoms with Gasteiger partial charge < -0.3 is 15.0 Å². The third-order valence-electron chi connectivity index (χ3n) is 2.37. The highest BCUT2D eigenvalue weighted by Crippen LogP contribution is 2.02. The largest absolute Gasteiger partial charge is 0.378 e. The second-order valence-electron chi connectivity index (χ2n) is 3.89.